The number of hydrogen-bond acceptors (Lipinski definition) is 4. The Labute approximate surface area is 183 Å². The van der Waals surface area contributed by atoms with Crippen LogP contribution in [-0.4, -0.2) is 37.0 Å². The Hall–Kier alpha value is -2.67. The van der Waals surface area contributed by atoms with E-state index in [4.69, 9.17) is 4.74 Å². The highest BCUT2D eigenvalue weighted by atomic mass is 16.5. The van der Waals surface area contributed by atoms with Crippen LogP contribution >= 0.6 is 0 Å². The Morgan fingerprint density at radius 3 is 2.68 bits per heavy atom. The Kier molecular flexibility index (Phi) is 7.02. The Bertz CT molecular complexity index is 847. The summed E-state index contributed by atoms with van der Waals surface area (Å²) >= 11 is 0. The number of carbonyl (C=O) groups is 3. The molecule has 1 aliphatic heterocycles. The van der Waals surface area contributed by atoms with Gasteiger partial charge in [-0.1, -0.05) is 37.5 Å². The highest BCUT2D eigenvalue weighted by Gasteiger charge is 2.42. The summed E-state index contributed by atoms with van der Waals surface area (Å²) in [6, 6.07) is 6.81. The smallest absolute Gasteiger partial charge is 0.251 e. The van der Waals surface area contributed by atoms with Crippen LogP contribution in [0, 0.1) is 11.8 Å². The molecule has 2 fully saturated rings. The van der Waals surface area contributed by atoms with Crippen molar-refractivity contribution < 1.29 is 19.1 Å². The monoisotopic (exact) mass is 425 g/mol. The lowest BCUT2D eigenvalue weighted by Gasteiger charge is -2.38. The van der Waals surface area contributed by atoms with Gasteiger partial charge in [0.15, 0.2) is 0 Å². The maximum absolute atomic E-state index is 12.9. The molecule has 31 heavy (non-hydrogen) atoms. The molecule has 2 atom stereocenters. The summed E-state index contributed by atoms with van der Waals surface area (Å²) in [4.78, 5) is 38.0. The van der Waals surface area contributed by atoms with Crippen LogP contribution in [0.1, 0.15) is 61.7 Å². The normalized spacial score (nSPS) is 23.9. The van der Waals surface area contributed by atoms with Gasteiger partial charge in [-0.3, -0.25) is 19.8 Å². The number of allylic oxidation sites excluding steroid dienone is 2. The number of nitrogens with zero attached hydrogens (tertiary/aromatic N) is 1. The molecule has 0 bridgehead atoms. The zero-order valence-electron chi connectivity index (χ0n) is 17.8. The molecule has 2 unspecified atom stereocenters. The number of ether oxygens (including phenoxy) is 1. The van der Waals surface area contributed by atoms with Crippen LogP contribution in [0.15, 0.2) is 36.4 Å². The summed E-state index contributed by atoms with van der Waals surface area (Å²) in [6.07, 6.45) is 12.3. The molecule has 1 aromatic carbocycles. The van der Waals surface area contributed by atoms with E-state index in [1.54, 1.807) is 24.3 Å². The number of rotatable bonds is 7. The fourth-order valence-electron chi connectivity index (χ4n) is 4.63. The molecule has 0 aromatic heterocycles. The molecule has 2 aliphatic carbocycles. The molecule has 7 heteroatoms. The number of nitrogens with one attached hydrogen (secondary N) is 2. The molecular weight excluding hydrogens is 394 g/mol. The molecule has 3 aliphatic rings. The van der Waals surface area contributed by atoms with Gasteiger partial charge in [0.1, 0.15) is 0 Å². The van der Waals surface area contributed by atoms with Crippen molar-refractivity contribution in [2.24, 2.45) is 11.8 Å². The van der Waals surface area contributed by atoms with Gasteiger partial charge in [-0.15, -0.1) is 0 Å². The summed E-state index contributed by atoms with van der Waals surface area (Å²) in [5.74, 6) is -1.14. The molecule has 1 aromatic rings. The third-order valence-corrected chi connectivity index (χ3v) is 6.41. The minimum atomic E-state index is -0.347. The van der Waals surface area contributed by atoms with Crippen molar-refractivity contribution in [1.82, 2.24) is 10.7 Å². The zero-order chi connectivity index (χ0) is 21.6. The van der Waals surface area contributed by atoms with Crippen molar-refractivity contribution in [2.45, 2.75) is 57.5 Å². The fourth-order valence-corrected chi connectivity index (χ4v) is 4.63. The van der Waals surface area contributed by atoms with Crippen molar-refractivity contribution in [3.05, 3.63) is 42.0 Å². The van der Waals surface area contributed by atoms with Crippen molar-refractivity contribution >= 4 is 23.4 Å². The van der Waals surface area contributed by atoms with E-state index in [2.05, 4.69) is 10.7 Å². The van der Waals surface area contributed by atoms with Gasteiger partial charge in [0, 0.05) is 18.7 Å². The second-order valence-electron chi connectivity index (χ2n) is 8.60. The molecule has 1 saturated carbocycles. The summed E-state index contributed by atoms with van der Waals surface area (Å²) < 4.78 is 5.89. The van der Waals surface area contributed by atoms with Crippen LogP contribution in [0.25, 0.3) is 0 Å². The quantitative estimate of drug-likeness (QED) is 0.519. The number of hydrogen-bond donors (Lipinski definition) is 2. The Morgan fingerprint density at radius 2 is 1.87 bits per heavy atom. The second kappa shape index (κ2) is 10.1. The largest absolute Gasteiger partial charge is 0.378 e. The average molecular weight is 426 g/mol. The molecule has 7 nitrogen and oxygen atoms in total. The van der Waals surface area contributed by atoms with Gasteiger partial charge >= 0.3 is 0 Å². The van der Waals surface area contributed by atoms with Gasteiger partial charge in [-0.05, 0) is 50.3 Å². The van der Waals surface area contributed by atoms with Crippen LogP contribution in [0.3, 0.4) is 0 Å². The van der Waals surface area contributed by atoms with Crippen LogP contribution in [0.4, 0.5) is 5.69 Å². The van der Waals surface area contributed by atoms with Gasteiger partial charge in [0.05, 0.1) is 23.6 Å². The maximum atomic E-state index is 12.9. The first-order valence-corrected chi connectivity index (χ1v) is 11.4. The third-order valence-electron chi connectivity index (χ3n) is 6.41. The van der Waals surface area contributed by atoms with Gasteiger partial charge in [0.2, 0.25) is 11.8 Å². The van der Waals surface area contributed by atoms with Crippen molar-refractivity contribution in [3.63, 3.8) is 0 Å². The maximum Gasteiger partial charge on any atom is 0.251 e. The number of benzene rings is 1. The molecule has 3 amide bonds. The minimum absolute atomic E-state index is 0.133. The van der Waals surface area contributed by atoms with E-state index in [1.807, 2.05) is 12.2 Å². The zero-order valence-corrected chi connectivity index (χ0v) is 17.8. The lowest BCUT2D eigenvalue weighted by atomic mass is 9.80. The molecule has 0 radical (unpaired) electrons. The number of hydrazine groups is 1. The first kappa shape index (κ1) is 21.6. The summed E-state index contributed by atoms with van der Waals surface area (Å²) in [7, 11) is 0. The summed E-state index contributed by atoms with van der Waals surface area (Å²) in [5, 5.41) is 4.20. The van der Waals surface area contributed by atoms with E-state index in [1.165, 1.54) is 24.3 Å². The number of carbonyl (C=O) groups excluding carboxylic acids is 3. The van der Waals surface area contributed by atoms with Crippen molar-refractivity contribution in [3.8, 4) is 0 Å². The summed E-state index contributed by atoms with van der Waals surface area (Å²) in [6.45, 7) is 1.18. The van der Waals surface area contributed by atoms with E-state index >= 15 is 0 Å². The van der Waals surface area contributed by atoms with Gasteiger partial charge in [0.25, 0.3) is 5.91 Å². The average Bonchev–Trinajstić information content (AvgIpc) is 2.82. The van der Waals surface area contributed by atoms with Crippen LogP contribution in [-0.2, 0) is 14.3 Å². The number of amides is 3. The minimum Gasteiger partial charge on any atom is -0.378 e. The van der Waals surface area contributed by atoms with E-state index in [9.17, 15) is 14.4 Å². The lowest BCUT2D eigenvalue weighted by molar-refractivity contribution is -0.139. The molecule has 4 rings (SSSR count). The standard InChI is InChI=1S/C24H31N3O4/c28-22(25-14-7-15-31-19-10-2-1-3-11-19)17-8-6-9-18(16-17)27-24(30)21-13-5-4-12-20(21)23(29)26-27/h4-6,8-9,16,19-21H,1-3,7,10-15H2,(H,25,28)(H,26,29). The Balaban J connectivity index is 1.30. The molecule has 2 N–H and O–H groups in total. The predicted octanol–water partition coefficient (Wildman–Crippen LogP) is 3.12. The molecule has 0 spiro atoms. The molecule has 1 saturated heterocycles. The van der Waals surface area contributed by atoms with Crippen LogP contribution < -0.4 is 15.8 Å². The molecule has 166 valence electrons. The highest BCUT2D eigenvalue weighted by molar-refractivity contribution is 6.05. The summed E-state index contributed by atoms with van der Waals surface area (Å²) in [5.41, 5.74) is 3.66. The van der Waals surface area contributed by atoms with E-state index in [0.29, 0.717) is 43.3 Å². The first-order valence-electron chi connectivity index (χ1n) is 11.4. The molecule has 1 heterocycles. The van der Waals surface area contributed by atoms with E-state index < -0.39 is 0 Å². The number of fused-ring (bicyclic) bond motifs is 1. The van der Waals surface area contributed by atoms with Gasteiger partial charge < -0.3 is 10.1 Å². The van der Waals surface area contributed by atoms with Crippen LogP contribution in [0.5, 0.6) is 0 Å². The number of anilines is 1. The topological polar surface area (TPSA) is 87.7 Å². The van der Waals surface area contributed by atoms with E-state index in [-0.39, 0.29) is 29.6 Å². The highest BCUT2D eigenvalue weighted by Crippen LogP contribution is 2.32. The second-order valence-corrected chi connectivity index (χ2v) is 8.60. The SMILES string of the molecule is O=C(NCCCOC1CCCCC1)c1cccc(N2NC(=O)C3CC=CCC3C2=O)c1. The molecular formula is C24H31N3O4. The fraction of sp³-hybridized carbons (Fsp3) is 0.542. The van der Waals surface area contributed by atoms with Gasteiger partial charge in [-0.2, -0.15) is 0 Å². The van der Waals surface area contributed by atoms with Crippen LogP contribution in [0.2, 0.25) is 0 Å². The first-order chi connectivity index (χ1) is 15.1. The predicted molar refractivity (Wildman–Crippen MR) is 117 cm³/mol. The van der Waals surface area contributed by atoms with E-state index in [0.717, 1.165) is 19.3 Å². The van der Waals surface area contributed by atoms with Gasteiger partial charge in [-0.25, -0.2) is 5.01 Å². The Morgan fingerprint density at radius 1 is 1.10 bits per heavy atom. The lowest BCUT2D eigenvalue weighted by Crippen LogP contribution is -2.59. The third kappa shape index (κ3) is 5.15. The van der Waals surface area contributed by atoms with Crippen molar-refractivity contribution in [1.29, 1.82) is 0 Å². The van der Waals surface area contributed by atoms with Crippen molar-refractivity contribution in [2.75, 3.05) is 18.2 Å².